The third-order valence-corrected chi connectivity index (χ3v) is 3.60. The molecule has 0 saturated carbocycles. The number of methoxy groups -OCH3 is 1. The van der Waals surface area contributed by atoms with Crippen molar-refractivity contribution in [2.45, 2.75) is 33.5 Å². The quantitative estimate of drug-likeness (QED) is 0.370. The number of benzene rings is 1. The molecule has 1 aromatic carbocycles. The van der Waals surface area contributed by atoms with Crippen molar-refractivity contribution in [3.63, 3.8) is 0 Å². The molecule has 5 heteroatoms. The predicted molar refractivity (Wildman–Crippen MR) is 95.6 cm³/mol. The predicted octanol–water partition coefficient (Wildman–Crippen LogP) is 3.03. The molecular weight excluding hydrogens is 320 g/mol. The molecule has 1 aromatic rings. The van der Waals surface area contributed by atoms with E-state index in [9.17, 15) is 4.79 Å². The third kappa shape index (κ3) is 9.25. The first-order chi connectivity index (χ1) is 12.0. The lowest BCUT2D eigenvalue weighted by molar-refractivity contribution is -0.139. The highest BCUT2D eigenvalue weighted by Gasteiger charge is 2.23. The molecule has 25 heavy (non-hydrogen) atoms. The molecule has 0 bridgehead atoms. The first-order valence-corrected chi connectivity index (χ1v) is 8.38. The lowest BCUT2D eigenvalue weighted by Crippen LogP contribution is -2.32. The van der Waals surface area contributed by atoms with Crippen LogP contribution in [0.1, 0.15) is 26.3 Å². The van der Waals surface area contributed by atoms with E-state index >= 15 is 0 Å². The molecule has 0 aliphatic rings. The maximum atomic E-state index is 10.8. The molecule has 0 aromatic heterocycles. The molecule has 0 amide bonds. The van der Waals surface area contributed by atoms with Crippen molar-refractivity contribution in [3.8, 4) is 11.8 Å². The monoisotopic (exact) mass is 348 g/mol. The summed E-state index contributed by atoms with van der Waals surface area (Å²) in [7, 11) is 1.59. The van der Waals surface area contributed by atoms with Crippen molar-refractivity contribution < 1.29 is 23.7 Å². The molecule has 5 nitrogen and oxygen atoms in total. The molecule has 3 atom stereocenters. The second-order valence-electron chi connectivity index (χ2n) is 5.91. The van der Waals surface area contributed by atoms with Crippen molar-refractivity contribution in [3.05, 3.63) is 35.9 Å². The fourth-order valence-electron chi connectivity index (χ4n) is 2.40. The fraction of sp³-hybridized carbons (Fsp3) is 0.550. The summed E-state index contributed by atoms with van der Waals surface area (Å²) in [5.74, 6) is 5.69. The number of carbonyl (C=O) groups is 1. The Bertz CT molecular complexity index is 546. The highest BCUT2D eigenvalue weighted by molar-refractivity contribution is 5.66. The van der Waals surface area contributed by atoms with Gasteiger partial charge in [-0.3, -0.25) is 4.79 Å². The maximum Gasteiger partial charge on any atom is 0.303 e. The third-order valence-electron chi connectivity index (χ3n) is 3.60. The van der Waals surface area contributed by atoms with Crippen molar-refractivity contribution in [1.82, 2.24) is 0 Å². The van der Waals surface area contributed by atoms with Crippen LogP contribution in [0.25, 0.3) is 0 Å². The van der Waals surface area contributed by atoms with E-state index in [1.807, 2.05) is 37.3 Å². The van der Waals surface area contributed by atoms with Crippen LogP contribution in [0.15, 0.2) is 30.3 Å². The van der Waals surface area contributed by atoms with Gasteiger partial charge in [-0.2, -0.15) is 0 Å². The SMILES string of the molecule is COCO[C@H]([C@H](C)COCc1ccccc1)[C@@H](C)C#CCOC(C)=O. The molecule has 0 fully saturated rings. The van der Waals surface area contributed by atoms with Crippen LogP contribution in [0.5, 0.6) is 0 Å². The Morgan fingerprint density at radius 3 is 2.56 bits per heavy atom. The molecule has 0 spiro atoms. The summed E-state index contributed by atoms with van der Waals surface area (Å²) in [5.41, 5.74) is 1.14. The molecule has 138 valence electrons. The van der Waals surface area contributed by atoms with E-state index in [-0.39, 0.29) is 37.3 Å². The average molecular weight is 348 g/mol. The second-order valence-corrected chi connectivity index (χ2v) is 5.91. The maximum absolute atomic E-state index is 10.8. The zero-order chi connectivity index (χ0) is 18.5. The number of hydrogen-bond donors (Lipinski definition) is 0. The minimum atomic E-state index is -0.336. The molecule has 0 unspecified atom stereocenters. The van der Waals surface area contributed by atoms with Crippen LogP contribution in [0, 0.1) is 23.7 Å². The van der Waals surface area contributed by atoms with Gasteiger partial charge in [0.2, 0.25) is 0 Å². The summed E-state index contributed by atoms with van der Waals surface area (Å²) in [5, 5.41) is 0. The highest BCUT2D eigenvalue weighted by Crippen LogP contribution is 2.18. The van der Waals surface area contributed by atoms with Crippen LogP contribution in [0.4, 0.5) is 0 Å². The number of rotatable bonds is 10. The Balaban J connectivity index is 2.52. The van der Waals surface area contributed by atoms with Crippen LogP contribution < -0.4 is 0 Å². The van der Waals surface area contributed by atoms with E-state index in [4.69, 9.17) is 18.9 Å². The lowest BCUT2D eigenvalue weighted by atomic mass is 9.94. The summed E-state index contributed by atoms with van der Waals surface area (Å²) in [6.07, 6.45) is -0.138. The Morgan fingerprint density at radius 1 is 1.20 bits per heavy atom. The Morgan fingerprint density at radius 2 is 1.92 bits per heavy atom. The van der Waals surface area contributed by atoms with Crippen molar-refractivity contribution in [1.29, 1.82) is 0 Å². The van der Waals surface area contributed by atoms with E-state index < -0.39 is 0 Å². The average Bonchev–Trinajstić information content (AvgIpc) is 2.60. The van der Waals surface area contributed by atoms with Gasteiger partial charge in [-0.1, -0.05) is 49.1 Å². The summed E-state index contributed by atoms with van der Waals surface area (Å²) >= 11 is 0. The molecule has 0 aliphatic heterocycles. The van der Waals surface area contributed by atoms with Crippen molar-refractivity contribution in [2.75, 3.05) is 27.1 Å². The van der Waals surface area contributed by atoms with E-state index in [2.05, 4.69) is 18.8 Å². The minimum Gasteiger partial charge on any atom is -0.453 e. The number of esters is 1. The Labute approximate surface area is 150 Å². The van der Waals surface area contributed by atoms with Gasteiger partial charge in [0.1, 0.15) is 6.79 Å². The van der Waals surface area contributed by atoms with Crippen LogP contribution in [-0.4, -0.2) is 39.2 Å². The topological polar surface area (TPSA) is 54.0 Å². The summed E-state index contributed by atoms with van der Waals surface area (Å²) in [6.45, 7) is 6.82. The standard InChI is InChI=1S/C20H28O5/c1-16(9-8-12-24-18(3)21)20(25-15-22-4)17(2)13-23-14-19-10-6-5-7-11-19/h5-7,10-11,16-17,20H,12-15H2,1-4H3/t16-,17+,20-/m0/s1. The zero-order valence-corrected chi connectivity index (χ0v) is 15.5. The van der Waals surface area contributed by atoms with Gasteiger partial charge in [0.05, 0.1) is 19.3 Å². The summed E-state index contributed by atoms with van der Waals surface area (Å²) in [4.78, 5) is 10.8. The molecule has 0 heterocycles. The van der Waals surface area contributed by atoms with E-state index in [0.29, 0.717) is 13.2 Å². The normalized spacial score (nSPS) is 14.1. The Hall–Kier alpha value is -1.87. The lowest BCUT2D eigenvalue weighted by Gasteiger charge is -2.26. The van der Waals surface area contributed by atoms with Gasteiger partial charge >= 0.3 is 5.97 Å². The van der Waals surface area contributed by atoms with Gasteiger partial charge in [0.25, 0.3) is 0 Å². The molecule has 0 saturated heterocycles. The van der Waals surface area contributed by atoms with Crippen molar-refractivity contribution >= 4 is 5.97 Å². The second kappa shape index (κ2) is 12.5. The summed E-state index contributed by atoms with van der Waals surface area (Å²) < 4.78 is 21.4. The molecule has 0 radical (unpaired) electrons. The molecule has 1 rings (SSSR count). The largest absolute Gasteiger partial charge is 0.453 e. The smallest absolute Gasteiger partial charge is 0.303 e. The van der Waals surface area contributed by atoms with Gasteiger partial charge in [-0.25, -0.2) is 0 Å². The van der Waals surface area contributed by atoms with Crippen LogP contribution in [0.2, 0.25) is 0 Å². The van der Waals surface area contributed by atoms with Gasteiger partial charge < -0.3 is 18.9 Å². The summed E-state index contributed by atoms with van der Waals surface area (Å²) in [6, 6.07) is 10.0. The molecule has 0 aliphatic carbocycles. The molecule has 0 N–H and O–H groups in total. The fourth-order valence-corrected chi connectivity index (χ4v) is 2.40. The van der Waals surface area contributed by atoms with Crippen LogP contribution in [-0.2, 0) is 30.3 Å². The number of hydrogen-bond acceptors (Lipinski definition) is 5. The van der Waals surface area contributed by atoms with Crippen molar-refractivity contribution in [2.24, 2.45) is 11.8 Å². The molecular formula is C20H28O5. The van der Waals surface area contributed by atoms with E-state index in [0.717, 1.165) is 5.56 Å². The van der Waals surface area contributed by atoms with Gasteiger partial charge in [0.15, 0.2) is 6.61 Å². The van der Waals surface area contributed by atoms with E-state index in [1.165, 1.54) is 6.92 Å². The van der Waals surface area contributed by atoms with Crippen LogP contribution in [0.3, 0.4) is 0 Å². The minimum absolute atomic E-state index is 0.0407. The Kier molecular flexibility index (Phi) is 10.6. The number of ether oxygens (including phenoxy) is 4. The van der Waals surface area contributed by atoms with Gasteiger partial charge in [-0.15, -0.1) is 0 Å². The van der Waals surface area contributed by atoms with Gasteiger partial charge in [-0.05, 0) is 12.5 Å². The van der Waals surface area contributed by atoms with Crippen LogP contribution >= 0.6 is 0 Å². The first-order valence-electron chi connectivity index (χ1n) is 8.38. The number of carbonyl (C=O) groups excluding carboxylic acids is 1. The highest BCUT2D eigenvalue weighted by atomic mass is 16.7. The van der Waals surface area contributed by atoms with Gasteiger partial charge in [0, 0.05) is 25.9 Å². The zero-order valence-electron chi connectivity index (χ0n) is 15.5. The first kappa shape index (κ1) is 21.2. The van der Waals surface area contributed by atoms with E-state index in [1.54, 1.807) is 7.11 Å².